The maximum atomic E-state index is 13.5. The topological polar surface area (TPSA) is 136 Å². The van der Waals surface area contributed by atoms with Gasteiger partial charge in [0.05, 0.1) is 34.9 Å². The molecule has 1 heterocycles. The van der Waals surface area contributed by atoms with Crippen LogP contribution in [0.2, 0.25) is 0 Å². The molecule has 9 nitrogen and oxygen atoms in total. The van der Waals surface area contributed by atoms with E-state index >= 15 is 0 Å². The number of carboxylic acid groups (broad SMARTS) is 1. The molecule has 0 aromatic rings. The van der Waals surface area contributed by atoms with Crippen LogP contribution in [0.15, 0.2) is 0 Å². The standard InChI is InChI=1S/C28H44O9/c1-9-27(7,24(34)37-25(2,3)4)14-28(8,22(31)32)13-26(5,6)23(33)36-20-16-11-10-15(19(20)29)17-12-35-21(30)18(16)17/h15-20,29H,9-14H2,1-8H3,(H,31,32). The Hall–Kier alpha value is -2.16. The Morgan fingerprint density at radius 1 is 0.919 bits per heavy atom. The summed E-state index contributed by atoms with van der Waals surface area (Å²) in [7, 11) is 0. The number of cyclic esters (lactones) is 1. The first kappa shape index (κ1) is 29.4. The van der Waals surface area contributed by atoms with Gasteiger partial charge in [0, 0.05) is 11.8 Å². The highest BCUT2D eigenvalue weighted by Crippen LogP contribution is 2.53. The molecular weight excluding hydrogens is 480 g/mol. The average molecular weight is 525 g/mol. The minimum atomic E-state index is -1.44. The molecule has 9 heteroatoms. The summed E-state index contributed by atoms with van der Waals surface area (Å²) in [4.78, 5) is 51.4. The van der Waals surface area contributed by atoms with Gasteiger partial charge in [0.1, 0.15) is 11.7 Å². The molecule has 210 valence electrons. The zero-order chi connectivity index (χ0) is 28.1. The number of ether oxygens (including phenoxy) is 3. The zero-order valence-corrected chi connectivity index (χ0v) is 23.5. The Bertz CT molecular complexity index is 934. The van der Waals surface area contributed by atoms with Crippen molar-refractivity contribution in [3.05, 3.63) is 0 Å². The first-order chi connectivity index (χ1) is 16.8. The van der Waals surface area contributed by atoms with E-state index in [-0.39, 0.29) is 42.5 Å². The number of hydrogen-bond acceptors (Lipinski definition) is 8. The van der Waals surface area contributed by atoms with Crippen LogP contribution < -0.4 is 0 Å². The number of carboxylic acids is 1. The van der Waals surface area contributed by atoms with E-state index < -0.39 is 52.0 Å². The molecule has 0 radical (unpaired) electrons. The molecule has 4 rings (SSSR count). The van der Waals surface area contributed by atoms with Crippen molar-refractivity contribution in [3.63, 3.8) is 0 Å². The minimum Gasteiger partial charge on any atom is -0.481 e. The lowest BCUT2D eigenvalue weighted by molar-refractivity contribution is -0.200. The van der Waals surface area contributed by atoms with Crippen molar-refractivity contribution >= 4 is 23.9 Å². The Kier molecular flexibility index (Phi) is 7.83. The predicted molar refractivity (Wildman–Crippen MR) is 133 cm³/mol. The number of aliphatic hydroxyl groups is 1. The summed E-state index contributed by atoms with van der Waals surface area (Å²) in [5, 5.41) is 21.2. The highest BCUT2D eigenvalue weighted by Gasteiger charge is 2.61. The van der Waals surface area contributed by atoms with Crippen LogP contribution in [-0.2, 0) is 33.4 Å². The number of carbonyl (C=O) groups is 4. The van der Waals surface area contributed by atoms with E-state index in [4.69, 9.17) is 14.2 Å². The summed E-state index contributed by atoms with van der Waals surface area (Å²) in [6.45, 7) is 13.9. The maximum Gasteiger partial charge on any atom is 0.312 e. The van der Waals surface area contributed by atoms with Gasteiger partial charge < -0.3 is 24.4 Å². The number of carbonyl (C=O) groups excluding carboxylic acids is 3. The molecule has 4 aliphatic rings. The number of esters is 3. The molecular formula is C28H44O9. The van der Waals surface area contributed by atoms with Gasteiger partial charge in [-0.3, -0.25) is 19.2 Å². The van der Waals surface area contributed by atoms with Crippen LogP contribution in [0.25, 0.3) is 0 Å². The smallest absolute Gasteiger partial charge is 0.312 e. The molecule has 4 fully saturated rings. The lowest BCUT2D eigenvalue weighted by atomic mass is 9.57. The number of aliphatic hydroxyl groups excluding tert-OH is 1. The highest BCUT2D eigenvalue weighted by molar-refractivity contribution is 5.82. The van der Waals surface area contributed by atoms with Crippen LogP contribution in [0, 0.1) is 39.9 Å². The van der Waals surface area contributed by atoms with E-state index in [0.29, 0.717) is 19.4 Å². The van der Waals surface area contributed by atoms with Gasteiger partial charge in [-0.15, -0.1) is 0 Å². The van der Waals surface area contributed by atoms with Gasteiger partial charge in [-0.1, -0.05) is 6.92 Å². The molecule has 0 amide bonds. The van der Waals surface area contributed by atoms with Crippen LogP contribution in [0.5, 0.6) is 0 Å². The predicted octanol–water partition coefficient (Wildman–Crippen LogP) is 3.74. The molecule has 0 aromatic heterocycles. The first-order valence-corrected chi connectivity index (χ1v) is 13.4. The van der Waals surface area contributed by atoms with Crippen molar-refractivity contribution in [2.24, 2.45) is 39.9 Å². The Morgan fingerprint density at radius 2 is 1.51 bits per heavy atom. The van der Waals surface area contributed by atoms with Crippen LogP contribution in [0.1, 0.15) is 87.5 Å². The molecule has 0 spiro atoms. The molecule has 3 saturated carbocycles. The van der Waals surface area contributed by atoms with Gasteiger partial charge in [-0.2, -0.15) is 0 Å². The molecule has 3 aliphatic carbocycles. The number of rotatable bonds is 9. The SMILES string of the molecule is CCC(C)(CC(C)(CC(C)(C)C(=O)OC1C(O)C2CCC1C1C(=O)OCC21)C(=O)O)C(=O)OC(C)(C)C. The average Bonchev–Trinajstić information content (AvgIpc) is 3.16. The fourth-order valence-corrected chi connectivity index (χ4v) is 6.81. The van der Waals surface area contributed by atoms with Crippen LogP contribution in [-0.4, -0.2) is 58.5 Å². The zero-order valence-electron chi connectivity index (χ0n) is 23.5. The maximum absolute atomic E-state index is 13.5. The third-order valence-corrected chi connectivity index (χ3v) is 8.79. The van der Waals surface area contributed by atoms with E-state index in [1.54, 1.807) is 48.5 Å². The molecule has 0 aromatic carbocycles. The summed E-state index contributed by atoms with van der Waals surface area (Å²) in [5.41, 5.74) is -4.46. The second kappa shape index (κ2) is 9.86. The van der Waals surface area contributed by atoms with E-state index in [1.165, 1.54) is 0 Å². The van der Waals surface area contributed by atoms with Gasteiger partial charge in [0.2, 0.25) is 0 Å². The summed E-state index contributed by atoms with van der Waals surface area (Å²) in [5.74, 6) is -3.46. The number of aliphatic carboxylic acids is 1. The van der Waals surface area contributed by atoms with Gasteiger partial charge >= 0.3 is 23.9 Å². The first-order valence-electron chi connectivity index (χ1n) is 13.4. The molecule has 1 saturated heterocycles. The monoisotopic (exact) mass is 524 g/mol. The Balaban J connectivity index is 1.78. The quantitative estimate of drug-likeness (QED) is 0.341. The number of hydrogen-bond donors (Lipinski definition) is 2. The van der Waals surface area contributed by atoms with Crippen molar-refractivity contribution in [2.75, 3.05) is 6.61 Å². The summed E-state index contributed by atoms with van der Waals surface area (Å²) < 4.78 is 16.7. The molecule has 2 N–H and O–H groups in total. The Labute approximate surface area is 219 Å². The van der Waals surface area contributed by atoms with Crippen LogP contribution in [0.3, 0.4) is 0 Å². The number of fused-ring (bicyclic) bond motifs is 2. The second-order valence-corrected chi connectivity index (χ2v) is 13.6. The van der Waals surface area contributed by atoms with E-state index in [2.05, 4.69) is 0 Å². The minimum absolute atomic E-state index is 0.0240. The van der Waals surface area contributed by atoms with E-state index in [0.717, 1.165) is 6.42 Å². The Morgan fingerprint density at radius 3 is 2.05 bits per heavy atom. The van der Waals surface area contributed by atoms with Crippen molar-refractivity contribution in [3.8, 4) is 0 Å². The van der Waals surface area contributed by atoms with E-state index in [1.807, 2.05) is 6.92 Å². The lowest BCUT2D eigenvalue weighted by Crippen LogP contribution is -2.59. The van der Waals surface area contributed by atoms with Crippen LogP contribution in [0.4, 0.5) is 0 Å². The molecule has 1 aliphatic heterocycles. The summed E-state index contributed by atoms with van der Waals surface area (Å²) in [6, 6.07) is 0. The fraction of sp³-hybridized carbons (Fsp3) is 0.857. The molecule has 37 heavy (non-hydrogen) atoms. The van der Waals surface area contributed by atoms with Crippen molar-refractivity contribution in [2.45, 2.75) is 105 Å². The summed E-state index contributed by atoms with van der Waals surface area (Å²) in [6.07, 6.45) is -0.0637. The third-order valence-electron chi connectivity index (χ3n) is 8.79. The lowest BCUT2D eigenvalue weighted by Gasteiger charge is -2.50. The fourth-order valence-electron chi connectivity index (χ4n) is 6.81. The second-order valence-electron chi connectivity index (χ2n) is 13.6. The molecule has 2 bridgehead atoms. The van der Waals surface area contributed by atoms with Crippen molar-refractivity contribution < 1.29 is 43.6 Å². The van der Waals surface area contributed by atoms with Crippen molar-refractivity contribution in [1.29, 1.82) is 0 Å². The largest absolute Gasteiger partial charge is 0.481 e. The van der Waals surface area contributed by atoms with Gasteiger partial charge in [0.25, 0.3) is 0 Å². The molecule has 8 unspecified atom stereocenters. The van der Waals surface area contributed by atoms with Crippen LogP contribution >= 0.6 is 0 Å². The normalized spacial score (nSPS) is 32.5. The van der Waals surface area contributed by atoms with E-state index in [9.17, 15) is 29.4 Å². The highest BCUT2D eigenvalue weighted by atomic mass is 16.6. The third kappa shape index (κ3) is 5.66. The summed E-state index contributed by atoms with van der Waals surface area (Å²) >= 11 is 0. The van der Waals surface area contributed by atoms with Gasteiger partial charge in [-0.25, -0.2) is 0 Å². The van der Waals surface area contributed by atoms with Gasteiger partial charge in [-0.05, 0) is 86.5 Å². The van der Waals surface area contributed by atoms with Gasteiger partial charge in [0.15, 0.2) is 0 Å². The molecule has 8 atom stereocenters. The van der Waals surface area contributed by atoms with Crippen molar-refractivity contribution in [1.82, 2.24) is 0 Å².